The van der Waals surface area contributed by atoms with Gasteiger partial charge >= 0.3 is 5.97 Å². The number of primary amides is 1. The van der Waals surface area contributed by atoms with E-state index in [4.69, 9.17) is 11.5 Å². The van der Waals surface area contributed by atoms with E-state index in [1.165, 1.54) is 37.4 Å². The molecule has 136 heavy (non-hydrogen) atoms. The van der Waals surface area contributed by atoms with Crippen LogP contribution in [0.2, 0.25) is 0 Å². The molecular weight excluding hydrogens is 1790 g/mol. The number of benzene rings is 1. The summed E-state index contributed by atoms with van der Waals surface area (Å²) in [5, 5.41) is 100. The molecule has 2 bridgehead atoms. The number of carboxylic acids is 1. The van der Waals surface area contributed by atoms with Gasteiger partial charge in [0, 0.05) is 68.2 Å². The number of carbonyl (C=O) groups is 15. The standard InChI is InChI=1S/C92H154N24O18S2/c1-9-15-62(104-49(4)118)80(123)114-72-46-136-44-52-18-11-17-51(31-52)43-135-45-71(76(94)122)113-87(130)69(36-56(38-93)95-8)109-81(124)63(16-10-2)105-84(127)66(33-53-39-100-77-59(53)19-12-28-97-77)107-82(125)64(26-27-73(120)121)106-85(128)67(34-54-40-101-78-60(54)20-13-29-98-78)108-86(129)68(35-55-41-102-79-61(55)21-14-30-99-79)111-90(133)74(48(3)117)115-88(131)70(37-57-42-96-47-103-57)110-83(126)65(32-50-22-24-58(119)25-23-50)112-91(134)75(92(5,6)7)116-89(72)132/h11,17-18,31,48,50,53-72,74-75,77-79,95-103,117,119H,9-10,12-16,19-30,32-47,93H2,1-8H3,(H2,94,122)(H,104,118)(H,105,127)(H,106,128)(H,107,125)(H,108,129)(H,109,124)(H,110,126)(H,111,133)(H,112,134)(H,113,130)(H,114,123)(H,115,131)(H,116,132)(H,120,121)/t48-,50?,53?,54?,55?,56?,57?,58?,59?,60?,61?,62+,63+,64+,65+,66+,67+,68+,69+,70+,71+,72+,74+,75-,77?,78?,79?/m1/s1. The van der Waals surface area contributed by atoms with Crippen LogP contribution in [0.1, 0.15) is 201 Å². The minimum Gasteiger partial charge on any atom is -0.481 e. The van der Waals surface area contributed by atoms with Gasteiger partial charge in [-0.05, 0) is 233 Å². The zero-order valence-electron chi connectivity index (χ0n) is 80.1. The van der Waals surface area contributed by atoms with Crippen molar-refractivity contribution < 1.29 is 87.2 Å². The predicted molar refractivity (Wildman–Crippen MR) is 512 cm³/mol. The molecular formula is C92H154N24O18S2. The Morgan fingerprint density at radius 3 is 1.46 bits per heavy atom. The summed E-state index contributed by atoms with van der Waals surface area (Å²) in [4.78, 5) is 223. The maximum absolute atomic E-state index is 15.9. The van der Waals surface area contributed by atoms with Crippen molar-refractivity contribution in [2.75, 3.05) is 77.6 Å². The molecule has 10 rings (SSSR count). The van der Waals surface area contributed by atoms with Crippen LogP contribution in [-0.2, 0) is 83.4 Å². The maximum Gasteiger partial charge on any atom is 0.303 e. The number of aliphatic carboxylic acids is 1. The number of fused-ring (bicyclic) bond motifs is 5. The molecule has 11 unspecified atom stereocenters. The molecule has 7 saturated heterocycles. The molecule has 1 aromatic rings. The van der Waals surface area contributed by atoms with Crippen LogP contribution in [0.15, 0.2) is 24.3 Å². The van der Waals surface area contributed by atoms with Gasteiger partial charge in [0.05, 0.1) is 30.7 Å². The first-order chi connectivity index (χ1) is 65.0. The third kappa shape index (κ3) is 32.8. The number of thioether (sulfide) groups is 2. The van der Waals surface area contributed by atoms with Gasteiger partial charge in [0.2, 0.25) is 82.7 Å². The fourth-order valence-electron chi connectivity index (χ4n) is 20.6. The molecule has 0 spiro atoms. The first-order valence-corrected chi connectivity index (χ1v) is 51.5. The lowest BCUT2D eigenvalue weighted by molar-refractivity contribution is -0.139. The maximum atomic E-state index is 15.9. The number of aliphatic hydroxyl groups excluding tert-OH is 2. The van der Waals surface area contributed by atoms with E-state index in [0.29, 0.717) is 84.5 Å². The molecule has 1 saturated carbocycles. The number of carboxylic acid groups (broad SMARTS) is 1. The van der Waals surface area contributed by atoms with Crippen molar-refractivity contribution in [3.8, 4) is 0 Å². The minimum atomic E-state index is -1.84. The number of rotatable bonds is 26. The van der Waals surface area contributed by atoms with E-state index < -0.39 is 210 Å². The van der Waals surface area contributed by atoms with E-state index in [9.17, 15) is 39.3 Å². The van der Waals surface area contributed by atoms with E-state index in [0.717, 1.165) is 56.2 Å². The zero-order chi connectivity index (χ0) is 98.5. The number of nitrogens with two attached hydrogens (primary N) is 2. The van der Waals surface area contributed by atoms with E-state index in [2.05, 4.69) is 117 Å². The van der Waals surface area contributed by atoms with Crippen molar-refractivity contribution in [1.82, 2.24) is 117 Å². The third-order valence-electron chi connectivity index (χ3n) is 28.2. The molecule has 25 atom stereocenters. The topological polar surface area (TPSA) is 633 Å². The molecule has 42 nitrogen and oxygen atoms in total. The lowest BCUT2D eigenvalue weighted by atomic mass is 9.82. The molecule has 0 aromatic heterocycles. The van der Waals surface area contributed by atoms with Crippen LogP contribution in [-0.4, -0.2) is 303 Å². The average molecular weight is 1950 g/mol. The summed E-state index contributed by atoms with van der Waals surface area (Å²) < 4.78 is 0. The van der Waals surface area contributed by atoms with Crippen molar-refractivity contribution in [3.05, 3.63) is 35.4 Å². The lowest BCUT2D eigenvalue weighted by Gasteiger charge is -2.35. The Bertz CT molecular complexity index is 4200. The second-order valence-corrected chi connectivity index (χ2v) is 41.8. The Hall–Kier alpha value is -8.51. The normalized spacial score (nSPS) is 33.3. The summed E-state index contributed by atoms with van der Waals surface area (Å²) in [5.41, 5.74) is 12.7. The summed E-state index contributed by atoms with van der Waals surface area (Å²) in [7, 11) is 1.62. The van der Waals surface area contributed by atoms with Crippen LogP contribution in [0.4, 0.5) is 0 Å². The molecule has 8 fully saturated rings. The molecule has 9 aliphatic rings. The number of piperidine rings is 3. The van der Waals surface area contributed by atoms with Gasteiger partial charge in [0.25, 0.3) is 0 Å². The van der Waals surface area contributed by atoms with Crippen LogP contribution in [0.3, 0.4) is 0 Å². The van der Waals surface area contributed by atoms with Gasteiger partial charge in [-0.1, -0.05) is 71.7 Å². The Balaban J connectivity index is 1.02. The molecule has 1 aromatic carbocycles. The van der Waals surface area contributed by atoms with Crippen molar-refractivity contribution in [3.63, 3.8) is 0 Å². The van der Waals surface area contributed by atoms with Crippen LogP contribution in [0, 0.1) is 46.8 Å². The highest BCUT2D eigenvalue weighted by Gasteiger charge is 2.48. The van der Waals surface area contributed by atoms with Gasteiger partial charge in [0.15, 0.2) is 0 Å². The summed E-state index contributed by atoms with van der Waals surface area (Å²) in [6.45, 7) is 15.2. The third-order valence-corrected chi connectivity index (χ3v) is 30.4. The summed E-state index contributed by atoms with van der Waals surface area (Å²) in [6.07, 6.45) is 3.08. The summed E-state index contributed by atoms with van der Waals surface area (Å²) in [5.74, 6) is -13.8. The van der Waals surface area contributed by atoms with Gasteiger partial charge in [-0.3, -0.25) is 71.9 Å². The molecule has 44 heteroatoms. The van der Waals surface area contributed by atoms with Crippen molar-refractivity contribution in [2.24, 2.45) is 58.3 Å². The first-order valence-electron chi connectivity index (χ1n) is 49.2. The zero-order valence-corrected chi connectivity index (χ0v) is 81.7. The Labute approximate surface area is 806 Å². The smallest absolute Gasteiger partial charge is 0.303 e. The Morgan fingerprint density at radius 2 is 0.993 bits per heavy atom. The second kappa shape index (κ2) is 53.8. The monoisotopic (exact) mass is 1950 g/mol. The van der Waals surface area contributed by atoms with Gasteiger partial charge in [-0.15, -0.1) is 0 Å². The highest BCUT2D eigenvalue weighted by molar-refractivity contribution is 7.98. The number of hydrogen-bond donors (Lipinski definition) is 27. The summed E-state index contributed by atoms with van der Waals surface area (Å²) in [6, 6.07) is -12.4. The Kier molecular flexibility index (Phi) is 43.3. The molecule has 1 aliphatic carbocycles. The Morgan fingerprint density at radius 1 is 0.529 bits per heavy atom. The SMILES string of the molecule is CCC[C@H](NC(C)=O)C(=O)N[C@H]1CSCc2cccc(c2)CSC[C@@H](C(N)=O)NC(=O)[C@H](CC(CN)NC)NC(=O)[C@H](CCC)NC(=O)[C@H](CC2CNC3NCCCC23)NC(=O)[C@H](CCC(=O)O)NC(=O)[C@H](CC2CNC3NCCCC23)NC(=O)[C@H](CC2CNC3NCCCC23)NC(=O)[C@H]([C@@H](C)O)NC(=O)[C@H](CC2CNCN2)NC(=O)[C@H](CC2CCC(O)CC2)NC(=O)[C@H](C(C)(C)C)NC1=O. The van der Waals surface area contributed by atoms with Gasteiger partial charge in [-0.25, -0.2) is 0 Å². The summed E-state index contributed by atoms with van der Waals surface area (Å²) >= 11 is 2.54. The highest BCUT2D eigenvalue weighted by atomic mass is 32.2. The van der Waals surface area contributed by atoms with Crippen molar-refractivity contribution >= 4 is 112 Å². The van der Waals surface area contributed by atoms with Crippen LogP contribution in [0.25, 0.3) is 0 Å². The van der Waals surface area contributed by atoms with Crippen molar-refractivity contribution in [2.45, 2.75) is 323 Å². The molecule has 762 valence electrons. The van der Waals surface area contributed by atoms with Gasteiger partial charge in [-0.2, -0.15) is 23.5 Å². The fraction of sp³-hybridized carbons (Fsp3) is 0.772. The molecule has 14 amide bonds. The molecule has 8 heterocycles. The van der Waals surface area contributed by atoms with E-state index >= 15 is 47.9 Å². The van der Waals surface area contributed by atoms with Crippen LogP contribution in [0.5, 0.6) is 0 Å². The number of nitrogens with one attached hydrogen (secondary N) is 22. The number of hydrogen-bond acceptors (Lipinski definition) is 29. The van der Waals surface area contributed by atoms with Gasteiger partial charge in [0.1, 0.15) is 78.5 Å². The molecule has 29 N–H and O–H groups in total. The largest absolute Gasteiger partial charge is 0.481 e. The van der Waals surface area contributed by atoms with E-state index in [-0.39, 0.29) is 141 Å². The lowest BCUT2D eigenvalue weighted by Crippen LogP contribution is -2.63. The first kappa shape index (κ1) is 109. The predicted octanol–water partition coefficient (Wildman–Crippen LogP) is -4.54. The highest BCUT2D eigenvalue weighted by Crippen LogP contribution is 2.37. The van der Waals surface area contributed by atoms with E-state index in [1.54, 1.807) is 34.7 Å². The number of aliphatic hydroxyl groups is 2. The quantitative estimate of drug-likeness (QED) is 0.0415. The van der Waals surface area contributed by atoms with Gasteiger partial charge < -0.3 is 144 Å². The molecule has 0 radical (unpaired) electrons. The minimum absolute atomic E-state index is 0.000651. The number of carbonyl (C=O) groups excluding carboxylic acids is 14. The average Bonchev–Trinajstić information content (AvgIpc) is 1.48. The molecule has 8 aliphatic heterocycles. The van der Waals surface area contributed by atoms with Crippen molar-refractivity contribution in [1.29, 1.82) is 0 Å². The number of amides is 14. The second-order valence-electron chi connectivity index (χ2n) is 39.7. The number of likely N-dealkylation sites (N-methyl/N-ethyl adjacent to an activating group) is 1. The van der Waals surface area contributed by atoms with Crippen LogP contribution < -0.4 is 128 Å². The van der Waals surface area contributed by atoms with Crippen LogP contribution >= 0.6 is 23.5 Å². The van der Waals surface area contributed by atoms with E-state index in [1.807, 2.05) is 31.2 Å². The fourth-order valence-corrected chi connectivity index (χ4v) is 22.6.